The Hall–Kier alpha value is -1.11. The lowest BCUT2D eigenvalue weighted by Gasteiger charge is -2.26. The number of carbonyl (C=O) groups excluding carboxylic acids is 1. The van der Waals surface area contributed by atoms with Crippen LogP contribution in [0, 0.1) is 0 Å². The number of morpholine rings is 1. The number of esters is 1. The first kappa shape index (κ1) is 15.3. The molecule has 20 heavy (non-hydrogen) atoms. The molecule has 0 saturated carbocycles. The SMILES string of the molecule is COC(=O)c1cc(Br)ccc1OCCN1CCOCC1. The molecule has 5 nitrogen and oxygen atoms in total. The van der Waals surface area contributed by atoms with E-state index in [0.29, 0.717) is 17.9 Å². The van der Waals surface area contributed by atoms with Gasteiger partial charge in [0.05, 0.1) is 20.3 Å². The largest absolute Gasteiger partial charge is 0.491 e. The van der Waals surface area contributed by atoms with Crippen molar-refractivity contribution < 1.29 is 19.0 Å². The first-order valence-electron chi connectivity index (χ1n) is 6.51. The van der Waals surface area contributed by atoms with E-state index in [4.69, 9.17) is 14.2 Å². The first-order valence-corrected chi connectivity index (χ1v) is 7.31. The Labute approximate surface area is 126 Å². The average Bonchev–Trinajstić information content (AvgIpc) is 2.49. The molecule has 0 unspecified atom stereocenters. The van der Waals surface area contributed by atoms with Crippen LogP contribution in [0.5, 0.6) is 5.75 Å². The van der Waals surface area contributed by atoms with E-state index in [1.54, 1.807) is 12.1 Å². The van der Waals surface area contributed by atoms with E-state index >= 15 is 0 Å². The van der Waals surface area contributed by atoms with Gasteiger partial charge in [-0.1, -0.05) is 15.9 Å². The zero-order valence-corrected chi connectivity index (χ0v) is 13.0. The van der Waals surface area contributed by atoms with Gasteiger partial charge in [0, 0.05) is 24.1 Å². The molecule has 1 fully saturated rings. The molecule has 0 radical (unpaired) electrons. The summed E-state index contributed by atoms with van der Waals surface area (Å²) in [6, 6.07) is 5.32. The van der Waals surface area contributed by atoms with Gasteiger partial charge in [-0.3, -0.25) is 4.90 Å². The van der Waals surface area contributed by atoms with Crippen molar-refractivity contribution in [2.75, 3.05) is 46.6 Å². The van der Waals surface area contributed by atoms with Crippen LogP contribution in [0.25, 0.3) is 0 Å². The highest BCUT2D eigenvalue weighted by Gasteiger charge is 2.15. The Morgan fingerprint density at radius 2 is 2.15 bits per heavy atom. The molecule has 1 aliphatic heterocycles. The summed E-state index contributed by atoms with van der Waals surface area (Å²) in [6.07, 6.45) is 0. The molecule has 0 spiro atoms. The van der Waals surface area contributed by atoms with E-state index < -0.39 is 5.97 Å². The lowest BCUT2D eigenvalue weighted by molar-refractivity contribution is 0.0321. The van der Waals surface area contributed by atoms with Crippen molar-refractivity contribution in [2.45, 2.75) is 0 Å². The second-order valence-corrected chi connectivity index (χ2v) is 5.35. The molecule has 0 aromatic heterocycles. The van der Waals surface area contributed by atoms with Crippen LogP contribution in [-0.4, -0.2) is 57.4 Å². The van der Waals surface area contributed by atoms with Crippen molar-refractivity contribution in [3.8, 4) is 5.75 Å². The Bertz CT molecular complexity index is 460. The van der Waals surface area contributed by atoms with Gasteiger partial charge in [0.2, 0.25) is 0 Å². The number of benzene rings is 1. The van der Waals surface area contributed by atoms with Crippen molar-refractivity contribution in [1.82, 2.24) is 4.90 Å². The topological polar surface area (TPSA) is 48.0 Å². The van der Waals surface area contributed by atoms with Crippen LogP contribution in [0.3, 0.4) is 0 Å². The number of hydrogen-bond donors (Lipinski definition) is 0. The van der Waals surface area contributed by atoms with Crippen LogP contribution in [0.2, 0.25) is 0 Å². The fraction of sp³-hybridized carbons (Fsp3) is 0.500. The van der Waals surface area contributed by atoms with Crippen molar-refractivity contribution in [2.24, 2.45) is 0 Å². The predicted octanol–water partition coefficient (Wildman–Crippen LogP) is 1.95. The minimum Gasteiger partial charge on any atom is -0.491 e. The van der Waals surface area contributed by atoms with E-state index in [1.807, 2.05) is 6.07 Å². The summed E-state index contributed by atoms with van der Waals surface area (Å²) < 4.78 is 16.6. The fourth-order valence-corrected chi connectivity index (χ4v) is 2.37. The van der Waals surface area contributed by atoms with Crippen molar-refractivity contribution in [3.63, 3.8) is 0 Å². The minimum atomic E-state index is -0.396. The smallest absolute Gasteiger partial charge is 0.341 e. The Balaban J connectivity index is 1.92. The zero-order chi connectivity index (χ0) is 14.4. The summed E-state index contributed by atoms with van der Waals surface area (Å²) in [5.74, 6) is 0.154. The summed E-state index contributed by atoms with van der Waals surface area (Å²) in [5.41, 5.74) is 0.434. The fourth-order valence-electron chi connectivity index (χ4n) is 2.01. The molecule has 1 aromatic rings. The number of hydrogen-bond acceptors (Lipinski definition) is 5. The van der Waals surface area contributed by atoms with Gasteiger partial charge in [-0.25, -0.2) is 4.79 Å². The maximum atomic E-state index is 11.7. The summed E-state index contributed by atoms with van der Waals surface area (Å²) in [5, 5.41) is 0. The van der Waals surface area contributed by atoms with Gasteiger partial charge in [-0.15, -0.1) is 0 Å². The molecule has 0 amide bonds. The molecule has 1 heterocycles. The van der Waals surface area contributed by atoms with E-state index in [9.17, 15) is 4.79 Å². The lowest BCUT2D eigenvalue weighted by Crippen LogP contribution is -2.38. The number of carbonyl (C=O) groups is 1. The number of halogens is 1. The van der Waals surface area contributed by atoms with Crippen LogP contribution >= 0.6 is 15.9 Å². The number of nitrogens with zero attached hydrogens (tertiary/aromatic N) is 1. The second kappa shape index (κ2) is 7.61. The highest BCUT2D eigenvalue weighted by molar-refractivity contribution is 9.10. The molecular formula is C14H18BrNO4. The molecule has 0 N–H and O–H groups in total. The van der Waals surface area contributed by atoms with Gasteiger partial charge in [-0.05, 0) is 18.2 Å². The number of methoxy groups -OCH3 is 1. The Morgan fingerprint density at radius 1 is 1.40 bits per heavy atom. The minimum absolute atomic E-state index is 0.396. The highest BCUT2D eigenvalue weighted by atomic mass is 79.9. The number of ether oxygens (including phenoxy) is 3. The monoisotopic (exact) mass is 343 g/mol. The first-order chi connectivity index (χ1) is 9.70. The van der Waals surface area contributed by atoms with Crippen LogP contribution in [-0.2, 0) is 9.47 Å². The Morgan fingerprint density at radius 3 is 2.85 bits per heavy atom. The molecule has 0 aliphatic carbocycles. The normalized spacial score (nSPS) is 15.9. The third-order valence-corrected chi connectivity index (χ3v) is 3.61. The van der Waals surface area contributed by atoms with Gasteiger partial charge in [-0.2, -0.15) is 0 Å². The van der Waals surface area contributed by atoms with Crippen molar-refractivity contribution in [3.05, 3.63) is 28.2 Å². The number of rotatable bonds is 5. The van der Waals surface area contributed by atoms with Crippen molar-refractivity contribution >= 4 is 21.9 Å². The predicted molar refractivity (Wildman–Crippen MR) is 78.2 cm³/mol. The third kappa shape index (κ3) is 4.19. The summed E-state index contributed by atoms with van der Waals surface area (Å²) in [7, 11) is 1.36. The summed E-state index contributed by atoms with van der Waals surface area (Å²) >= 11 is 3.34. The van der Waals surface area contributed by atoms with Gasteiger partial charge in [0.25, 0.3) is 0 Å². The van der Waals surface area contributed by atoms with E-state index in [0.717, 1.165) is 37.3 Å². The van der Waals surface area contributed by atoms with Gasteiger partial charge >= 0.3 is 5.97 Å². The quantitative estimate of drug-likeness (QED) is 0.764. The van der Waals surface area contributed by atoms with Crippen LogP contribution < -0.4 is 4.74 Å². The molecule has 110 valence electrons. The van der Waals surface area contributed by atoms with Crippen molar-refractivity contribution in [1.29, 1.82) is 0 Å². The molecule has 0 atom stereocenters. The molecular weight excluding hydrogens is 326 g/mol. The average molecular weight is 344 g/mol. The third-order valence-electron chi connectivity index (χ3n) is 3.12. The van der Waals surface area contributed by atoms with E-state index in [-0.39, 0.29) is 0 Å². The van der Waals surface area contributed by atoms with Gasteiger partial charge in [0.15, 0.2) is 0 Å². The second-order valence-electron chi connectivity index (χ2n) is 4.43. The summed E-state index contributed by atoms with van der Waals surface area (Å²) in [6.45, 7) is 4.74. The molecule has 2 rings (SSSR count). The Kier molecular flexibility index (Phi) is 5.82. The summed E-state index contributed by atoms with van der Waals surface area (Å²) in [4.78, 5) is 14.0. The maximum Gasteiger partial charge on any atom is 0.341 e. The molecule has 1 aliphatic rings. The van der Waals surface area contributed by atoms with Crippen LogP contribution in [0.1, 0.15) is 10.4 Å². The van der Waals surface area contributed by atoms with E-state index in [1.165, 1.54) is 7.11 Å². The molecule has 6 heteroatoms. The van der Waals surface area contributed by atoms with E-state index in [2.05, 4.69) is 20.8 Å². The van der Waals surface area contributed by atoms with Crippen LogP contribution in [0.15, 0.2) is 22.7 Å². The zero-order valence-electron chi connectivity index (χ0n) is 11.4. The lowest BCUT2D eigenvalue weighted by atomic mass is 10.2. The highest BCUT2D eigenvalue weighted by Crippen LogP contribution is 2.24. The van der Waals surface area contributed by atoms with Gasteiger partial charge in [0.1, 0.15) is 17.9 Å². The molecule has 1 saturated heterocycles. The van der Waals surface area contributed by atoms with Gasteiger partial charge < -0.3 is 14.2 Å². The standard InChI is InChI=1S/C14H18BrNO4/c1-18-14(17)12-10-11(15)2-3-13(12)20-9-6-16-4-7-19-8-5-16/h2-3,10H,4-9H2,1H3. The maximum absolute atomic E-state index is 11.7. The molecule has 1 aromatic carbocycles. The van der Waals surface area contributed by atoms with Crippen LogP contribution in [0.4, 0.5) is 0 Å². The molecule has 0 bridgehead atoms.